The van der Waals surface area contributed by atoms with Gasteiger partial charge < -0.3 is 10.1 Å². The number of benzene rings is 1. The third-order valence-corrected chi connectivity index (χ3v) is 8.15. The summed E-state index contributed by atoms with van der Waals surface area (Å²) in [5, 5.41) is 16.6. The van der Waals surface area contributed by atoms with Crippen LogP contribution in [0.2, 0.25) is 0 Å². The van der Waals surface area contributed by atoms with E-state index in [1.807, 2.05) is 40.3 Å². The SMILES string of the molecule is C=CCn1c(SCC(=O)Nc2scc(-c3ccccc3)c2C(=O)OC)nnc1-c1csc(CCC)c1. The Kier molecular flexibility index (Phi) is 8.74. The number of aromatic nitrogens is 3. The lowest BCUT2D eigenvalue weighted by atomic mass is 10.0. The molecule has 0 aliphatic rings. The van der Waals surface area contributed by atoms with E-state index in [1.165, 1.54) is 35.1 Å². The highest BCUT2D eigenvalue weighted by Gasteiger charge is 2.23. The number of aryl methyl sites for hydroxylation is 1. The molecule has 0 saturated heterocycles. The van der Waals surface area contributed by atoms with Crippen LogP contribution in [0.1, 0.15) is 28.6 Å². The Hall–Kier alpha value is -3.21. The molecule has 36 heavy (non-hydrogen) atoms. The molecule has 7 nitrogen and oxygen atoms in total. The van der Waals surface area contributed by atoms with Gasteiger partial charge in [0.15, 0.2) is 11.0 Å². The number of hydrogen-bond acceptors (Lipinski definition) is 8. The topological polar surface area (TPSA) is 86.1 Å². The quantitative estimate of drug-likeness (QED) is 0.135. The maximum atomic E-state index is 12.9. The fraction of sp³-hybridized carbons (Fsp3) is 0.231. The number of thioether (sulfide) groups is 1. The Labute approximate surface area is 222 Å². The van der Waals surface area contributed by atoms with Gasteiger partial charge in [0.05, 0.1) is 12.9 Å². The van der Waals surface area contributed by atoms with Crippen molar-refractivity contribution in [1.29, 1.82) is 0 Å². The number of amides is 1. The number of carbonyl (C=O) groups excluding carboxylic acids is 2. The van der Waals surface area contributed by atoms with Gasteiger partial charge in [-0.25, -0.2) is 4.79 Å². The molecule has 0 atom stereocenters. The molecule has 0 saturated carbocycles. The minimum atomic E-state index is -0.494. The second kappa shape index (κ2) is 12.2. The molecule has 0 aliphatic carbocycles. The van der Waals surface area contributed by atoms with Crippen molar-refractivity contribution in [2.75, 3.05) is 18.2 Å². The first-order chi connectivity index (χ1) is 17.5. The number of methoxy groups -OCH3 is 1. The fourth-order valence-corrected chi connectivity index (χ4v) is 6.35. The van der Waals surface area contributed by atoms with Gasteiger partial charge in [-0.05, 0) is 18.1 Å². The van der Waals surface area contributed by atoms with Crippen LogP contribution in [0.15, 0.2) is 65.0 Å². The lowest BCUT2D eigenvalue weighted by Gasteiger charge is -2.09. The first kappa shape index (κ1) is 25.9. The highest BCUT2D eigenvalue weighted by atomic mass is 32.2. The predicted molar refractivity (Wildman–Crippen MR) is 148 cm³/mol. The molecule has 10 heteroatoms. The zero-order valence-corrected chi connectivity index (χ0v) is 22.5. The second-order valence-electron chi connectivity index (χ2n) is 7.81. The number of nitrogens with zero attached hydrogens (tertiary/aromatic N) is 3. The number of ether oxygens (including phenoxy) is 1. The first-order valence-corrected chi connectivity index (χ1v) is 14.1. The Morgan fingerprint density at radius 2 is 1.97 bits per heavy atom. The summed E-state index contributed by atoms with van der Waals surface area (Å²) in [6.07, 6.45) is 3.91. The van der Waals surface area contributed by atoms with E-state index in [-0.39, 0.29) is 11.7 Å². The minimum Gasteiger partial charge on any atom is -0.465 e. The molecule has 0 unspecified atom stereocenters. The summed E-state index contributed by atoms with van der Waals surface area (Å²) in [5.74, 6) is 0.128. The Morgan fingerprint density at radius 1 is 1.17 bits per heavy atom. The van der Waals surface area contributed by atoms with Crippen LogP contribution in [0, 0.1) is 0 Å². The van der Waals surface area contributed by atoms with Crippen LogP contribution in [0.25, 0.3) is 22.5 Å². The maximum Gasteiger partial charge on any atom is 0.341 e. The molecule has 1 aromatic carbocycles. The van der Waals surface area contributed by atoms with Crippen molar-refractivity contribution >= 4 is 51.3 Å². The molecule has 0 bridgehead atoms. The van der Waals surface area contributed by atoms with E-state index in [9.17, 15) is 9.59 Å². The third kappa shape index (κ3) is 5.77. The van der Waals surface area contributed by atoms with Crippen molar-refractivity contribution in [2.24, 2.45) is 0 Å². The molecular formula is C26H26N4O3S3. The molecule has 0 fully saturated rings. The van der Waals surface area contributed by atoms with Crippen LogP contribution in [0.5, 0.6) is 0 Å². The van der Waals surface area contributed by atoms with Gasteiger partial charge in [0.25, 0.3) is 0 Å². The number of hydrogen-bond donors (Lipinski definition) is 1. The molecule has 186 valence electrons. The summed E-state index contributed by atoms with van der Waals surface area (Å²) in [5.41, 5.74) is 2.97. The predicted octanol–water partition coefficient (Wildman–Crippen LogP) is 6.39. The zero-order valence-electron chi connectivity index (χ0n) is 20.0. The molecule has 4 aromatic rings. The van der Waals surface area contributed by atoms with E-state index in [0.29, 0.717) is 22.3 Å². The van der Waals surface area contributed by atoms with Gasteiger partial charge in [0.2, 0.25) is 5.91 Å². The summed E-state index contributed by atoms with van der Waals surface area (Å²) in [7, 11) is 1.33. The molecule has 1 amide bonds. The van der Waals surface area contributed by atoms with Crippen molar-refractivity contribution in [1.82, 2.24) is 14.8 Å². The van der Waals surface area contributed by atoms with Crippen LogP contribution in [-0.4, -0.2) is 39.5 Å². The number of esters is 1. The molecule has 3 aromatic heterocycles. The number of thiophene rings is 2. The average Bonchev–Trinajstić information content (AvgIpc) is 3.62. The van der Waals surface area contributed by atoms with E-state index < -0.39 is 5.97 Å². The van der Waals surface area contributed by atoms with Crippen molar-refractivity contribution in [3.63, 3.8) is 0 Å². The fourth-order valence-electron chi connectivity index (χ4n) is 3.66. The van der Waals surface area contributed by atoms with Crippen LogP contribution in [0.3, 0.4) is 0 Å². The Balaban J connectivity index is 1.50. The lowest BCUT2D eigenvalue weighted by molar-refractivity contribution is -0.113. The molecule has 0 radical (unpaired) electrons. The molecule has 1 N–H and O–H groups in total. The van der Waals surface area contributed by atoms with Crippen LogP contribution in [-0.2, 0) is 22.5 Å². The molecule has 0 aliphatic heterocycles. The van der Waals surface area contributed by atoms with Crippen LogP contribution in [0.4, 0.5) is 5.00 Å². The van der Waals surface area contributed by atoms with E-state index in [1.54, 1.807) is 17.4 Å². The van der Waals surface area contributed by atoms with Crippen LogP contribution < -0.4 is 5.32 Å². The number of anilines is 1. The molecular weight excluding hydrogens is 513 g/mol. The summed E-state index contributed by atoms with van der Waals surface area (Å²) in [4.78, 5) is 26.7. The van der Waals surface area contributed by atoms with Crippen molar-refractivity contribution in [3.05, 3.63) is 70.3 Å². The normalized spacial score (nSPS) is 10.8. The van der Waals surface area contributed by atoms with Gasteiger partial charge in [-0.1, -0.05) is 61.5 Å². The molecule has 3 heterocycles. The zero-order chi connectivity index (χ0) is 25.5. The Morgan fingerprint density at radius 3 is 2.69 bits per heavy atom. The number of nitrogens with one attached hydrogen (secondary N) is 1. The minimum absolute atomic E-state index is 0.110. The first-order valence-electron chi connectivity index (χ1n) is 11.3. The summed E-state index contributed by atoms with van der Waals surface area (Å²) < 4.78 is 6.95. The number of carbonyl (C=O) groups is 2. The summed E-state index contributed by atoms with van der Waals surface area (Å²) >= 11 is 4.30. The van der Waals surface area contributed by atoms with E-state index in [4.69, 9.17) is 4.74 Å². The average molecular weight is 539 g/mol. The highest BCUT2D eigenvalue weighted by Crippen LogP contribution is 2.36. The second-order valence-corrected chi connectivity index (χ2v) is 10.6. The summed E-state index contributed by atoms with van der Waals surface area (Å²) in [6, 6.07) is 11.7. The monoisotopic (exact) mass is 538 g/mol. The van der Waals surface area contributed by atoms with Gasteiger partial charge in [-0.15, -0.1) is 39.4 Å². The van der Waals surface area contributed by atoms with Gasteiger partial charge in [0, 0.05) is 33.3 Å². The Bertz CT molecular complexity index is 1360. The summed E-state index contributed by atoms with van der Waals surface area (Å²) in [6.45, 7) is 6.54. The third-order valence-electron chi connectivity index (χ3n) is 5.29. The maximum absolute atomic E-state index is 12.9. The van der Waals surface area contributed by atoms with E-state index in [2.05, 4.69) is 40.5 Å². The van der Waals surface area contributed by atoms with Crippen molar-refractivity contribution < 1.29 is 14.3 Å². The van der Waals surface area contributed by atoms with Crippen LogP contribution >= 0.6 is 34.4 Å². The molecule has 4 rings (SSSR count). The van der Waals surface area contributed by atoms with Gasteiger partial charge >= 0.3 is 5.97 Å². The molecule has 0 spiro atoms. The number of rotatable bonds is 11. The highest BCUT2D eigenvalue weighted by molar-refractivity contribution is 7.99. The standard InChI is InChI=1S/C26H26N4O3S3/c1-4-9-19-13-18(14-34-19)23-28-29-26(30(23)12-5-2)36-16-21(31)27-24-22(25(32)33-3)20(15-35-24)17-10-7-6-8-11-17/h5-8,10-11,13-15H,2,4,9,12,16H2,1,3H3,(H,27,31). The smallest absolute Gasteiger partial charge is 0.341 e. The van der Waals surface area contributed by atoms with Gasteiger partial charge in [-0.2, -0.15) is 0 Å². The van der Waals surface area contributed by atoms with Gasteiger partial charge in [-0.3, -0.25) is 9.36 Å². The van der Waals surface area contributed by atoms with Crippen molar-refractivity contribution in [3.8, 4) is 22.5 Å². The van der Waals surface area contributed by atoms with E-state index in [0.717, 1.165) is 35.4 Å². The number of allylic oxidation sites excluding steroid dienone is 1. The van der Waals surface area contributed by atoms with Gasteiger partial charge in [0.1, 0.15) is 10.6 Å². The van der Waals surface area contributed by atoms with Crippen molar-refractivity contribution in [2.45, 2.75) is 31.5 Å². The largest absolute Gasteiger partial charge is 0.465 e. The lowest BCUT2D eigenvalue weighted by Crippen LogP contribution is -2.16. The van der Waals surface area contributed by atoms with E-state index >= 15 is 0 Å².